The fourth-order valence-electron chi connectivity index (χ4n) is 2.04. The van der Waals surface area contributed by atoms with E-state index in [4.69, 9.17) is 16.0 Å². The van der Waals surface area contributed by atoms with E-state index < -0.39 is 0 Å². The van der Waals surface area contributed by atoms with E-state index in [0.717, 1.165) is 24.4 Å². The van der Waals surface area contributed by atoms with E-state index in [1.54, 1.807) is 6.07 Å². The number of rotatable bonds is 6. The highest BCUT2D eigenvalue weighted by atomic mass is 35.5. The zero-order valence-corrected chi connectivity index (χ0v) is 13.3. The molecule has 0 radical (unpaired) electrons. The minimum Gasteiger partial charge on any atom is -0.456 e. The van der Waals surface area contributed by atoms with Crippen LogP contribution in [0.1, 0.15) is 49.6 Å². The summed E-state index contributed by atoms with van der Waals surface area (Å²) in [5.41, 5.74) is 0.888. The van der Waals surface area contributed by atoms with Crippen molar-refractivity contribution in [2.45, 2.75) is 40.5 Å². The lowest BCUT2D eigenvalue weighted by atomic mass is 10.1. The Labute approximate surface area is 120 Å². The average Bonchev–Trinajstić information content (AvgIpc) is 2.67. The van der Waals surface area contributed by atoms with Crippen molar-refractivity contribution >= 4 is 17.5 Å². The van der Waals surface area contributed by atoms with Gasteiger partial charge in [-0.2, -0.15) is 0 Å². The summed E-state index contributed by atoms with van der Waals surface area (Å²) in [6, 6.07) is 1.76. The summed E-state index contributed by atoms with van der Waals surface area (Å²) in [5.74, 6) is 2.33. The van der Waals surface area contributed by atoms with Crippen LogP contribution in [0, 0.1) is 18.8 Å². The predicted octanol–water partition coefficient (Wildman–Crippen LogP) is 4.08. The van der Waals surface area contributed by atoms with E-state index in [2.05, 4.69) is 27.7 Å². The highest BCUT2D eigenvalue weighted by Gasteiger charge is 2.22. The first kappa shape index (κ1) is 16.1. The number of nitrogens with zero attached hydrogens (tertiary/aromatic N) is 1. The van der Waals surface area contributed by atoms with Crippen molar-refractivity contribution in [2.75, 3.05) is 13.1 Å². The number of carbonyl (C=O) groups excluding carboxylic acids is 1. The molecule has 19 heavy (non-hydrogen) atoms. The summed E-state index contributed by atoms with van der Waals surface area (Å²) in [5, 5.41) is 0. The van der Waals surface area contributed by atoms with Gasteiger partial charge in [-0.25, -0.2) is 0 Å². The van der Waals surface area contributed by atoms with Crippen LogP contribution in [0.3, 0.4) is 0 Å². The standard InChI is InChI=1S/C15H24ClNO2/c1-10(2)8-17(9-11(3)4)15(18)14-6-13(7-16)12(5)19-14/h6,10-11H,7-9H2,1-5H3. The monoisotopic (exact) mass is 285 g/mol. The first-order valence-electron chi connectivity index (χ1n) is 6.79. The Kier molecular flexibility index (Phi) is 5.92. The van der Waals surface area contributed by atoms with Crippen molar-refractivity contribution in [1.29, 1.82) is 0 Å². The molecule has 1 heterocycles. The molecule has 3 nitrogen and oxygen atoms in total. The Morgan fingerprint density at radius 1 is 1.26 bits per heavy atom. The molecule has 0 aliphatic rings. The fourth-order valence-corrected chi connectivity index (χ4v) is 2.30. The van der Waals surface area contributed by atoms with Crippen molar-refractivity contribution in [3.8, 4) is 0 Å². The lowest BCUT2D eigenvalue weighted by Gasteiger charge is -2.25. The molecule has 108 valence electrons. The predicted molar refractivity (Wildman–Crippen MR) is 78.6 cm³/mol. The molecular formula is C15H24ClNO2. The van der Waals surface area contributed by atoms with E-state index in [1.807, 2.05) is 11.8 Å². The van der Waals surface area contributed by atoms with Gasteiger partial charge in [0.25, 0.3) is 5.91 Å². The van der Waals surface area contributed by atoms with Gasteiger partial charge >= 0.3 is 0 Å². The van der Waals surface area contributed by atoms with Crippen LogP contribution in [0.5, 0.6) is 0 Å². The van der Waals surface area contributed by atoms with Gasteiger partial charge in [-0.1, -0.05) is 27.7 Å². The molecule has 1 aromatic rings. The van der Waals surface area contributed by atoms with Crippen LogP contribution in [0.4, 0.5) is 0 Å². The second-order valence-corrected chi connectivity index (χ2v) is 6.09. The van der Waals surface area contributed by atoms with E-state index in [-0.39, 0.29) is 5.91 Å². The van der Waals surface area contributed by atoms with Gasteiger partial charge < -0.3 is 9.32 Å². The molecule has 4 heteroatoms. The Balaban J connectivity index is 2.90. The molecule has 0 saturated heterocycles. The van der Waals surface area contributed by atoms with Crippen LogP contribution in [0.15, 0.2) is 10.5 Å². The topological polar surface area (TPSA) is 33.5 Å². The number of alkyl halides is 1. The van der Waals surface area contributed by atoms with Crippen molar-refractivity contribution in [3.05, 3.63) is 23.2 Å². The van der Waals surface area contributed by atoms with Crippen LogP contribution >= 0.6 is 11.6 Å². The zero-order valence-electron chi connectivity index (χ0n) is 12.5. The zero-order chi connectivity index (χ0) is 14.6. The van der Waals surface area contributed by atoms with E-state index in [0.29, 0.717) is 23.5 Å². The molecule has 1 aromatic heterocycles. The second kappa shape index (κ2) is 6.99. The Morgan fingerprint density at radius 2 is 1.79 bits per heavy atom. The smallest absolute Gasteiger partial charge is 0.289 e. The minimum atomic E-state index is -0.0399. The number of aryl methyl sites for hydroxylation is 1. The third-order valence-corrected chi connectivity index (χ3v) is 3.12. The maximum atomic E-state index is 12.5. The summed E-state index contributed by atoms with van der Waals surface area (Å²) in [6.45, 7) is 11.8. The minimum absolute atomic E-state index is 0.0399. The van der Waals surface area contributed by atoms with Gasteiger partial charge in [0.2, 0.25) is 0 Å². The third-order valence-electron chi connectivity index (χ3n) is 2.83. The molecule has 0 N–H and O–H groups in total. The number of hydrogen-bond acceptors (Lipinski definition) is 2. The summed E-state index contributed by atoms with van der Waals surface area (Å²) >= 11 is 5.81. The first-order chi connectivity index (χ1) is 8.85. The molecule has 0 fully saturated rings. The van der Waals surface area contributed by atoms with Crippen LogP contribution < -0.4 is 0 Å². The molecule has 0 aliphatic heterocycles. The lowest BCUT2D eigenvalue weighted by molar-refractivity contribution is 0.0681. The molecule has 1 amide bonds. The molecule has 1 rings (SSSR count). The second-order valence-electron chi connectivity index (χ2n) is 5.82. The maximum Gasteiger partial charge on any atom is 0.289 e. The van der Waals surface area contributed by atoms with Crippen LogP contribution in [0.2, 0.25) is 0 Å². The molecule has 0 atom stereocenters. The van der Waals surface area contributed by atoms with Gasteiger partial charge in [-0.15, -0.1) is 11.6 Å². The van der Waals surface area contributed by atoms with Crippen molar-refractivity contribution in [3.63, 3.8) is 0 Å². The summed E-state index contributed by atoms with van der Waals surface area (Å²) in [6.07, 6.45) is 0. The van der Waals surface area contributed by atoms with E-state index >= 15 is 0 Å². The number of amides is 1. The quantitative estimate of drug-likeness (QED) is 0.738. The van der Waals surface area contributed by atoms with E-state index in [9.17, 15) is 4.79 Å². The Bertz CT molecular complexity index is 414. The molecule has 0 aliphatic carbocycles. The van der Waals surface area contributed by atoms with Crippen LogP contribution in [-0.2, 0) is 5.88 Å². The summed E-state index contributed by atoms with van der Waals surface area (Å²) in [7, 11) is 0. The fraction of sp³-hybridized carbons (Fsp3) is 0.667. The molecule has 0 unspecified atom stereocenters. The van der Waals surface area contributed by atoms with Crippen molar-refractivity contribution in [2.24, 2.45) is 11.8 Å². The molecule has 0 saturated carbocycles. The SMILES string of the molecule is Cc1oc(C(=O)N(CC(C)C)CC(C)C)cc1CCl. The molecule has 0 spiro atoms. The number of hydrogen-bond donors (Lipinski definition) is 0. The lowest BCUT2D eigenvalue weighted by Crippen LogP contribution is -2.36. The van der Waals surface area contributed by atoms with Gasteiger partial charge in [0.1, 0.15) is 5.76 Å². The van der Waals surface area contributed by atoms with Crippen molar-refractivity contribution < 1.29 is 9.21 Å². The number of furan rings is 1. The van der Waals surface area contributed by atoms with Crippen LogP contribution in [-0.4, -0.2) is 23.9 Å². The van der Waals surface area contributed by atoms with Crippen LogP contribution in [0.25, 0.3) is 0 Å². The number of carbonyl (C=O) groups is 1. The van der Waals surface area contributed by atoms with Gasteiger partial charge in [-0.3, -0.25) is 4.79 Å². The number of halogens is 1. The highest BCUT2D eigenvalue weighted by molar-refractivity contribution is 6.17. The molecule has 0 aromatic carbocycles. The average molecular weight is 286 g/mol. The Hall–Kier alpha value is -0.960. The molecular weight excluding hydrogens is 262 g/mol. The largest absolute Gasteiger partial charge is 0.456 e. The molecule has 0 bridgehead atoms. The van der Waals surface area contributed by atoms with Crippen molar-refractivity contribution in [1.82, 2.24) is 4.90 Å². The highest BCUT2D eigenvalue weighted by Crippen LogP contribution is 2.19. The van der Waals surface area contributed by atoms with Gasteiger partial charge in [0.05, 0.1) is 5.88 Å². The first-order valence-corrected chi connectivity index (χ1v) is 7.33. The summed E-state index contributed by atoms with van der Waals surface area (Å²) < 4.78 is 5.54. The third kappa shape index (κ3) is 4.57. The maximum absolute atomic E-state index is 12.5. The van der Waals surface area contributed by atoms with E-state index in [1.165, 1.54) is 0 Å². The van der Waals surface area contributed by atoms with Gasteiger partial charge in [0, 0.05) is 18.7 Å². The normalized spacial score (nSPS) is 11.4. The Morgan fingerprint density at radius 3 is 2.16 bits per heavy atom. The van der Waals surface area contributed by atoms with Gasteiger partial charge in [0.15, 0.2) is 5.76 Å². The summed E-state index contributed by atoms with van der Waals surface area (Å²) in [4.78, 5) is 14.4. The van der Waals surface area contributed by atoms with Gasteiger partial charge in [-0.05, 0) is 24.8 Å².